The molecule has 0 aliphatic heterocycles. The Hall–Kier alpha value is -1.04. The second kappa shape index (κ2) is 6.16. The van der Waals surface area contributed by atoms with E-state index in [0.717, 1.165) is 36.8 Å². The fraction of sp³-hybridized carbons (Fsp3) is 0.588. The zero-order valence-electron chi connectivity index (χ0n) is 12.2. The highest BCUT2D eigenvalue weighted by Crippen LogP contribution is 2.48. The highest BCUT2D eigenvalue weighted by Gasteiger charge is 2.43. The number of aliphatic hydroxyl groups excluding tert-OH is 1. The molecule has 2 rings (SSSR count). The van der Waals surface area contributed by atoms with Crippen LogP contribution in [0.2, 0.25) is 5.02 Å². The lowest BCUT2D eigenvalue weighted by Gasteiger charge is -2.39. The summed E-state index contributed by atoms with van der Waals surface area (Å²) < 4.78 is 0. The number of nitrogens with zero attached hydrogens (tertiary/aromatic N) is 1. The van der Waals surface area contributed by atoms with E-state index in [0.29, 0.717) is 10.9 Å². The maximum Gasteiger partial charge on any atom is 0.0978 e. The van der Waals surface area contributed by atoms with Crippen molar-refractivity contribution in [2.24, 2.45) is 11.3 Å². The van der Waals surface area contributed by atoms with Crippen LogP contribution >= 0.6 is 11.6 Å². The first-order chi connectivity index (χ1) is 9.52. The molecule has 1 aromatic carbocycles. The van der Waals surface area contributed by atoms with Crippen LogP contribution in [0.15, 0.2) is 18.2 Å². The molecule has 1 N–H and O–H groups in total. The Morgan fingerprint density at radius 2 is 2.30 bits per heavy atom. The van der Waals surface area contributed by atoms with Crippen LogP contribution in [0.1, 0.15) is 56.3 Å². The molecule has 20 heavy (non-hydrogen) atoms. The van der Waals surface area contributed by atoms with Crippen LogP contribution in [0.25, 0.3) is 0 Å². The van der Waals surface area contributed by atoms with Gasteiger partial charge < -0.3 is 5.11 Å². The van der Waals surface area contributed by atoms with Crippen molar-refractivity contribution in [3.05, 3.63) is 34.3 Å². The molecule has 0 radical (unpaired) electrons. The minimum absolute atomic E-state index is 0.547. The van der Waals surface area contributed by atoms with Crippen LogP contribution in [0.5, 0.6) is 0 Å². The first-order valence-electron chi connectivity index (χ1n) is 7.38. The van der Waals surface area contributed by atoms with E-state index in [2.05, 4.69) is 13.0 Å². The van der Waals surface area contributed by atoms with Crippen molar-refractivity contribution in [2.45, 2.75) is 52.1 Å². The van der Waals surface area contributed by atoms with Gasteiger partial charge in [-0.05, 0) is 48.9 Å². The van der Waals surface area contributed by atoms with Crippen molar-refractivity contribution in [1.82, 2.24) is 0 Å². The molecule has 3 unspecified atom stereocenters. The molecule has 0 saturated heterocycles. The lowest BCUT2D eigenvalue weighted by Crippen LogP contribution is -2.33. The van der Waals surface area contributed by atoms with Crippen molar-refractivity contribution in [3.63, 3.8) is 0 Å². The van der Waals surface area contributed by atoms with E-state index >= 15 is 0 Å². The van der Waals surface area contributed by atoms with Crippen LogP contribution in [-0.2, 0) is 0 Å². The molecule has 0 aromatic heterocycles. The maximum absolute atomic E-state index is 10.8. The van der Waals surface area contributed by atoms with E-state index in [1.165, 1.54) is 6.42 Å². The molecule has 3 atom stereocenters. The van der Waals surface area contributed by atoms with Gasteiger partial charge in [-0.2, -0.15) is 5.26 Å². The van der Waals surface area contributed by atoms with Crippen molar-refractivity contribution in [1.29, 1.82) is 5.26 Å². The maximum atomic E-state index is 10.8. The van der Waals surface area contributed by atoms with Gasteiger partial charge in [-0.25, -0.2) is 0 Å². The molecule has 1 fully saturated rings. The topological polar surface area (TPSA) is 44.0 Å². The molecule has 3 heteroatoms. The van der Waals surface area contributed by atoms with Crippen molar-refractivity contribution in [2.75, 3.05) is 0 Å². The summed E-state index contributed by atoms with van der Waals surface area (Å²) in [6.45, 7) is 4.10. The van der Waals surface area contributed by atoms with E-state index < -0.39 is 11.5 Å². The molecule has 1 aliphatic carbocycles. The molecule has 1 aromatic rings. The number of halogens is 1. The van der Waals surface area contributed by atoms with Crippen LogP contribution in [0, 0.1) is 29.6 Å². The predicted octanol–water partition coefficient (Wildman–Crippen LogP) is 4.79. The highest BCUT2D eigenvalue weighted by atomic mass is 35.5. The second-order valence-electron chi connectivity index (χ2n) is 6.04. The number of hydrogen-bond acceptors (Lipinski definition) is 2. The van der Waals surface area contributed by atoms with Crippen LogP contribution < -0.4 is 0 Å². The fourth-order valence-corrected chi connectivity index (χ4v) is 3.66. The third-order valence-electron chi connectivity index (χ3n) is 4.74. The molecule has 0 bridgehead atoms. The first-order valence-corrected chi connectivity index (χ1v) is 7.75. The standard InChI is InChI=1S/C17H22ClNO/c1-3-13-5-4-8-17(10-13,11-19)16(20)15-7-6-14(18)9-12(15)2/h6-7,9,13,16,20H,3-5,8,10H2,1-2H3. The third kappa shape index (κ3) is 2.85. The summed E-state index contributed by atoms with van der Waals surface area (Å²) in [5.74, 6) is 0.547. The van der Waals surface area contributed by atoms with E-state index in [-0.39, 0.29) is 0 Å². The lowest BCUT2D eigenvalue weighted by molar-refractivity contribution is 0.0181. The number of hydrogen-bond donors (Lipinski definition) is 1. The monoisotopic (exact) mass is 291 g/mol. The zero-order valence-corrected chi connectivity index (χ0v) is 13.0. The Bertz CT molecular complexity index is 522. The Morgan fingerprint density at radius 1 is 1.55 bits per heavy atom. The Morgan fingerprint density at radius 3 is 2.90 bits per heavy atom. The molecule has 1 aliphatic rings. The van der Waals surface area contributed by atoms with Gasteiger partial charge in [-0.1, -0.05) is 43.9 Å². The summed E-state index contributed by atoms with van der Waals surface area (Å²) >= 11 is 5.97. The SMILES string of the molecule is CCC1CCCC(C#N)(C(O)c2ccc(Cl)cc2C)C1. The van der Waals surface area contributed by atoms with E-state index in [1.807, 2.05) is 19.1 Å². The summed E-state index contributed by atoms with van der Waals surface area (Å²) in [7, 11) is 0. The van der Waals surface area contributed by atoms with Crippen molar-refractivity contribution in [3.8, 4) is 6.07 Å². The quantitative estimate of drug-likeness (QED) is 0.870. The van der Waals surface area contributed by atoms with Crippen LogP contribution in [-0.4, -0.2) is 5.11 Å². The largest absolute Gasteiger partial charge is 0.387 e. The van der Waals surface area contributed by atoms with E-state index in [4.69, 9.17) is 11.6 Å². The van der Waals surface area contributed by atoms with Crippen LogP contribution in [0.3, 0.4) is 0 Å². The summed E-state index contributed by atoms with van der Waals surface area (Å²) in [5, 5.41) is 21.2. The first kappa shape index (κ1) is 15.4. The summed E-state index contributed by atoms with van der Waals surface area (Å²) in [6, 6.07) is 7.94. The smallest absolute Gasteiger partial charge is 0.0978 e. The minimum Gasteiger partial charge on any atom is -0.387 e. The van der Waals surface area contributed by atoms with Gasteiger partial charge in [0.25, 0.3) is 0 Å². The summed E-state index contributed by atoms with van der Waals surface area (Å²) in [6.07, 6.45) is 4.13. The van der Waals surface area contributed by atoms with Gasteiger partial charge in [0.15, 0.2) is 0 Å². The molecule has 0 spiro atoms. The molecule has 108 valence electrons. The molecule has 0 heterocycles. The lowest BCUT2D eigenvalue weighted by atomic mass is 9.65. The van der Waals surface area contributed by atoms with Crippen LogP contribution in [0.4, 0.5) is 0 Å². The van der Waals surface area contributed by atoms with Crippen molar-refractivity contribution < 1.29 is 5.11 Å². The van der Waals surface area contributed by atoms with E-state index in [9.17, 15) is 10.4 Å². The fourth-order valence-electron chi connectivity index (χ4n) is 3.43. The van der Waals surface area contributed by atoms with Gasteiger partial charge in [0.2, 0.25) is 0 Å². The zero-order chi connectivity index (χ0) is 14.8. The number of nitriles is 1. The minimum atomic E-state index is -0.723. The average molecular weight is 292 g/mol. The summed E-state index contributed by atoms with van der Waals surface area (Å²) in [5.41, 5.74) is 1.16. The second-order valence-corrected chi connectivity index (χ2v) is 6.48. The normalized spacial score (nSPS) is 27.9. The molecular formula is C17H22ClNO. The van der Waals surface area contributed by atoms with Gasteiger partial charge in [-0.15, -0.1) is 0 Å². The number of aliphatic hydroxyl groups is 1. The van der Waals surface area contributed by atoms with Gasteiger partial charge in [0.1, 0.15) is 0 Å². The Labute approximate surface area is 126 Å². The number of rotatable bonds is 3. The van der Waals surface area contributed by atoms with Gasteiger partial charge in [0.05, 0.1) is 17.6 Å². The predicted molar refractivity (Wildman–Crippen MR) is 81.4 cm³/mol. The Balaban J connectivity index is 2.33. The van der Waals surface area contributed by atoms with Gasteiger partial charge >= 0.3 is 0 Å². The number of benzene rings is 1. The molecule has 1 saturated carbocycles. The number of aryl methyl sites for hydroxylation is 1. The average Bonchev–Trinajstić information content (AvgIpc) is 2.46. The van der Waals surface area contributed by atoms with Crippen molar-refractivity contribution >= 4 is 11.6 Å². The van der Waals surface area contributed by atoms with E-state index in [1.54, 1.807) is 6.07 Å². The van der Waals surface area contributed by atoms with Gasteiger partial charge in [0, 0.05) is 5.02 Å². The van der Waals surface area contributed by atoms with Gasteiger partial charge in [-0.3, -0.25) is 0 Å². The molecule has 2 nitrogen and oxygen atoms in total. The molecular weight excluding hydrogens is 270 g/mol. The molecule has 0 amide bonds. The highest BCUT2D eigenvalue weighted by molar-refractivity contribution is 6.30. The third-order valence-corrected chi connectivity index (χ3v) is 4.97. The summed E-state index contributed by atoms with van der Waals surface area (Å²) in [4.78, 5) is 0. The Kier molecular flexibility index (Phi) is 4.73.